The van der Waals surface area contributed by atoms with E-state index in [9.17, 15) is 9.59 Å². The summed E-state index contributed by atoms with van der Waals surface area (Å²) in [7, 11) is 0. The van der Waals surface area contributed by atoms with E-state index in [2.05, 4.69) is 31.2 Å². The van der Waals surface area contributed by atoms with Crippen molar-refractivity contribution in [2.45, 2.75) is 64.1 Å². The first-order valence-electron chi connectivity index (χ1n) is 10.8. The van der Waals surface area contributed by atoms with Gasteiger partial charge in [0.2, 0.25) is 0 Å². The molecule has 5 heteroatoms. The van der Waals surface area contributed by atoms with Gasteiger partial charge >= 0.3 is 11.9 Å². The van der Waals surface area contributed by atoms with Crippen LogP contribution in [0.1, 0.15) is 62.7 Å². The van der Waals surface area contributed by atoms with Gasteiger partial charge in [-0.1, -0.05) is 67.4 Å². The van der Waals surface area contributed by atoms with E-state index in [-0.39, 0.29) is 24.5 Å². The van der Waals surface area contributed by atoms with Crippen LogP contribution < -0.4 is 0 Å². The molecule has 1 aliphatic heterocycles. The standard InChI is InChI=1S/C25H29ClO4/c1-2-8-21(12-7-6-11-18-9-4-3-5-10-18)29-25(28)22-17-23(27)30-24(22)19-13-15-20(26)16-14-19/h3-5,9-10,13-16,21-22,24H,2,6-8,11-12,17H2,1H3/t21?,22-,24+/m0/s1. The lowest BCUT2D eigenvalue weighted by molar-refractivity contribution is -0.157. The van der Waals surface area contributed by atoms with Gasteiger partial charge in [-0.15, -0.1) is 0 Å². The first-order chi connectivity index (χ1) is 14.6. The smallest absolute Gasteiger partial charge is 0.313 e. The van der Waals surface area contributed by atoms with E-state index in [1.807, 2.05) is 6.07 Å². The Morgan fingerprint density at radius 1 is 1.10 bits per heavy atom. The van der Waals surface area contributed by atoms with Gasteiger partial charge in [-0.2, -0.15) is 0 Å². The first kappa shape index (κ1) is 22.4. The van der Waals surface area contributed by atoms with Crippen molar-refractivity contribution in [3.05, 3.63) is 70.7 Å². The van der Waals surface area contributed by atoms with Crippen molar-refractivity contribution < 1.29 is 19.1 Å². The molecule has 1 fully saturated rings. The van der Waals surface area contributed by atoms with Crippen molar-refractivity contribution in [3.63, 3.8) is 0 Å². The molecule has 0 saturated carbocycles. The Labute approximate surface area is 183 Å². The zero-order valence-corrected chi connectivity index (χ0v) is 18.1. The molecule has 2 aromatic rings. The highest BCUT2D eigenvalue weighted by Gasteiger charge is 2.42. The maximum atomic E-state index is 12.9. The van der Waals surface area contributed by atoms with Gasteiger partial charge in [-0.3, -0.25) is 9.59 Å². The van der Waals surface area contributed by atoms with Crippen molar-refractivity contribution in [2.24, 2.45) is 5.92 Å². The van der Waals surface area contributed by atoms with Gasteiger partial charge in [0.25, 0.3) is 0 Å². The summed E-state index contributed by atoms with van der Waals surface area (Å²) in [5.41, 5.74) is 2.09. The number of esters is 2. The Morgan fingerprint density at radius 2 is 1.83 bits per heavy atom. The Kier molecular flexibility index (Phi) is 8.32. The van der Waals surface area contributed by atoms with E-state index in [1.165, 1.54) is 5.56 Å². The fraction of sp³-hybridized carbons (Fsp3) is 0.440. The van der Waals surface area contributed by atoms with Crippen LogP contribution in [0.4, 0.5) is 0 Å². The third-order valence-electron chi connectivity index (χ3n) is 5.49. The summed E-state index contributed by atoms with van der Waals surface area (Å²) < 4.78 is 11.3. The van der Waals surface area contributed by atoms with Crippen LogP contribution in [0.15, 0.2) is 54.6 Å². The number of carbonyl (C=O) groups excluding carboxylic acids is 2. The number of carbonyl (C=O) groups is 2. The molecule has 0 N–H and O–H groups in total. The number of aryl methyl sites for hydroxylation is 1. The second-order valence-corrected chi connectivity index (χ2v) is 8.29. The lowest BCUT2D eigenvalue weighted by Crippen LogP contribution is -2.26. The number of unbranched alkanes of at least 4 members (excludes halogenated alkanes) is 1. The second-order valence-electron chi connectivity index (χ2n) is 7.85. The SMILES string of the molecule is CCCC(CCCCc1ccccc1)OC(=O)[C@H]1CC(=O)O[C@@H]1c1ccc(Cl)cc1. The number of cyclic esters (lactones) is 1. The van der Waals surface area contributed by atoms with Crippen LogP contribution in [0.2, 0.25) is 5.02 Å². The molecule has 1 saturated heterocycles. The summed E-state index contributed by atoms with van der Waals surface area (Å²) in [5.74, 6) is -1.32. The molecule has 0 radical (unpaired) electrons. The van der Waals surface area contributed by atoms with Crippen LogP contribution in [-0.2, 0) is 25.5 Å². The number of ether oxygens (including phenoxy) is 2. The monoisotopic (exact) mass is 428 g/mol. The Balaban J connectivity index is 1.54. The first-order valence-corrected chi connectivity index (χ1v) is 11.1. The normalized spacial score (nSPS) is 19.3. The average Bonchev–Trinajstić information content (AvgIpc) is 3.14. The molecule has 0 spiro atoms. The summed E-state index contributed by atoms with van der Waals surface area (Å²) in [5, 5.41) is 0.598. The minimum Gasteiger partial charge on any atom is -0.462 e. The number of hydrogen-bond donors (Lipinski definition) is 0. The molecular weight excluding hydrogens is 400 g/mol. The Hall–Kier alpha value is -2.33. The lowest BCUT2D eigenvalue weighted by atomic mass is 9.95. The fourth-order valence-electron chi connectivity index (χ4n) is 3.90. The van der Waals surface area contributed by atoms with Crippen molar-refractivity contribution in [1.29, 1.82) is 0 Å². The molecule has 160 valence electrons. The summed E-state index contributed by atoms with van der Waals surface area (Å²) in [4.78, 5) is 24.8. The van der Waals surface area contributed by atoms with E-state index < -0.39 is 12.0 Å². The van der Waals surface area contributed by atoms with E-state index in [1.54, 1.807) is 24.3 Å². The summed E-state index contributed by atoms with van der Waals surface area (Å²) in [6, 6.07) is 17.5. The summed E-state index contributed by atoms with van der Waals surface area (Å²) in [6.07, 6.45) is 4.99. The van der Waals surface area contributed by atoms with Gasteiger partial charge in [-0.25, -0.2) is 0 Å². The predicted octanol–water partition coefficient (Wildman–Crippen LogP) is 6.07. The quantitative estimate of drug-likeness (QED) is 0.340. The molecule has 3 rings (SSSR count). The minimum absolute atomic E-state index is 0.0545. The molecule has 0 amide bonds. The van der Waals surface area contributed by atoms with Gasteiger partial charge in [0.15, 0.2) is 0 Å². The van der Waals surface area contributed by atoms with Crippen molar-refractivity contribution in [2.75, 3.05) is 0 Å². The van der Waals surface area contributed by atoms with E-state index in [0.29, 0.717) is 5.02 Å². The molecule has 3 atom stereocenters. The fourth-order valence-corrected chi connectivity index (χ4v) is 4.03. The molecular formula is C25H29ClO4. The second kappa shape index (κ2) is 11.2. The molecule has 0 aromatic heterocycles. The average molecular weight is 429 g/mol. The molecule has 30 heavy (non-hydrogen) atoms. The zero-order chi connectivity index (χ0) is 21.3. The van der Waals surface area contributed by atoms with Gasteiger partial charge in [0.05, 0.1) is 6.42 Å². The highest BCUT2D eigenvalue weighted by atomic mass is 35.5. The number of rotatable bonds is 10. The van der Waals surface area contributed by atoms with Gasteiger partial charge in [-0.05, 0) is 55.4 Å². The molecule has 4 nitrogen and oxygen atoms in total. The third kappa shape index (κ3) is 6.33. The zero-order valence-electron chi connectivity index (χ0n) is 17.4. The van der Waals surface area contributed by atoms with Crippen LogP contribution in [-0.4, -0.2) is 18.0 Å². The predicted molar refractivity (Wildman–Crippen MR) is 117 cm³/mol. The molecule has 2 aromatic carbocycles. The van der Waals surface area contributed by atoms with Crippen LogP contribution in [0, 0.1) is 5.92 Å². The number of benzene rings is 2. The van der Waals surface area contributed by atoms with E-state index >= 15 is 0 Å². The van der Waals surface area contributed by atoms with Crippen molar-refractivity contribution in [1.82, 2.24) is 0 Å². The van der Waals surface area contributed by atoms with Gasteiger partial charge in [0.1, 0.15) is 18.1 Å². The maximum absolute atomic E-state index is 12.9. The molecule has 1 heterocycles. The van der Waals surface area contributed by atoms with Gasteiger partial charge in [0, 0.05) is 5.02 Å². The highest BCUT2D eigenvalue weighted by molar-refractivity contribution is 6.30. The number of hydrogen-bond acceptors (Lipinski definition) is 4. The van der Waals surface area contributed by atoms with Crippen LogP contribution in [0.3, 0.4) is 0 Å². The largest absolute Gasteiger partial charge is 0.462 e. The summed E-state index contributed by atoms with van der Waals surface area (Å²) in [6.45, 7) is 2.09. The molecule has 0 bridgehead atoms. The van der Waals surface area contributed by atoms with Gasteiger partial charge < -0.3 is 9.47 Å². The number of halogens is 1. The molecule has 1 aliphatic rings. The summed E-state index contributed by atoms with van der Waals surface area (Å²) >= 11 is 5.95. The topological polar surface area (TPSA) is 52.6 Å². The van der Waals surface area contributed by atoms with Crippen molar-refractivity contribution in [3.8, 4) is 0 Å². The Morgan fingerprint density at radius 3 is 2.53 bits per heavy atom. The van der Waals surface area contributed by atoms with E-state index in [4.69, 9.17) is 21.1 Å². The van der Waals surface area contributed by atoms with E-state index in [0.717, 1.165) is 44.1 Å². The Bertz CT molecular complexity index is 819. The molecule has 1 unspecified atom stereocenters. The maximum Gasteiger partial charge on any atom is 0.313 e. The molecule has 0 aliphatic carbocycles. The van der Waals surface area contributed by atoms with Crippen LogP contribution >= 0.6 is 11.6 Å². The van der Waals surface area contributed by atoms with Crippen molar-refractivity contribution >= 4 is 23.5 Å². The van der Waals surface area contributed by atoms with Crippen LogP contribution in [0.25, 0.3) is 0 Å². The third-order valence-corrected chi connectivity index (χ3v) is 5.74. The van der Waals surface area contributed by atoms with Crippen LogP contribution in [0.5, 0.6) is 0 Å². The highest BCUT2D eigenvalue weighted by Crippen LogP contribution is 2.37. The lowest BCUT2D eigenvalue weighted by Gasteiger charge is -2.22. The minimum atomic E-state index is -0.609.